The van der Waals surface area contributed by atoms with E-state index in [4.69, 9.17) is 4.42 Å². The van der Waals surface area contributed by atoms with E-state index in [-0.39, 0.29) is 6.04 Å². The van der Waals surface area contributed by atoms with E-state index >= 15 is 0 Å². The van der Waals surface area contributed by atoms with Crippen molar-refractivity contribution < 1.29 is 4.42 Å². The van der Waals surface area contributed by atoms with Crippen LogP contribution in [-0.4, -0.2) is 20.2 Å². The van der Waals surface area contributed by atoms with Gasteiger partial charge in [0, 0.05) is 76.3 Å². The summed E-state index contributed by atoms with van der Waals surface area (Å²) in [5.41, 5.74) is 12.0. The van der Waals surface area contributed by atoms with E-state index in [2.05, 4.69) is 122 Å². The standard InChI is InChI=1S/C40H25N4O/c1-4-15-37-30(10-1)31-16-17-35-38(40(31)45-37)32-11-5-14-36-39(32)44(35)34-13-3-2-12-33(34)43(36)29-21-27(25-8-6-18-41-23-25)20-28(22-29)26-9-7-19-42-24-26/h1-24,34H/q+1. The van der Waals surface area contributed by atoms with E-state index in [0.717, 1.165) is 61.0 Å². The van der Waals surface area contributed by atoms with E-state index in [1.807, 2.05) is 43.0 Å². The molecule has 5 nitrogen and oxygen atoms in total. The summed E-state index contributed by atoms with van der Waals surface area (Å²) in [5.74, 6) is 0. The maximum absolute atomic E-state index is 6.59. The lowest BCUT2D eigenvalue weighted by atomic mass is 9.97. The Bertz CT molecular complexity index is 2530. The van der Waals surface area contributed by atoms with Gasteiger partial charge in [0.2, 0.25) is 17.1 Å². The smallest absolute Gasteiger partial charge is 0.235 e. The Morgan fingerprint density at radius 3 is 2.22 bits per heavy atom. The third kappa shape index (κ3) is 3.46. The van der Waals surface area contributed by atoms with Crippen molar-refractivity contribution in [1.82, 2.24) is 19.1 Å². The second-order valence-electron chi connectivity index (χ2n) is 11.7. The lowest BCUT2D eigenvalue weighted by molar-refractivity contribution is 0.672. The van der Waals surface area contributed by atoms with Gasteiger partial charge in [-0.3, -0.25) is 9.97 Å². The molecule has 0 N–H and O–H groups in total. The highest BCUT2D eigenvalue weighted by molar-refractivity contribution is 6.26. The van der Waals surface area contributed by atoms with Crippen molar-refractivity contribution in [3.63, 3.8) is 0 Å². The zero-order chi connectivity index (χ0) is 29.5. The number of rotatable bonds is 3. The average molecular weight is 578 g/mol. The van der Waals surface area contributed by atoms with Crippen LogP contribution in [0.1, 0.15) is 6.04 Å². The number of aromatic nitrogens is 3. The van der Waals surface area contributed by atoms with Gasteiger partial charge in [-0.15, -0.1) is 0 Å². The highest BCUT2D eigenvalue weighted by Crippen LogP contribution is 2.47. The summed E-state index contributed by atoms with van der Waals surface area (Å²) in [4.78, 5) is 8.87. The van der Waals surface area contributed by atoms with E-state index in [1.54, 1.807) is 0 Å². The first-order valence-electron chi connectivity index (χ1n) is 15.2. The number of hydrogen-bond acceptors (Lipinski definition) is 3. The normalized spacial score (nSPS) is 15.5. The molecule has 4 aromatic carbocycles. The Labute approximate surface area is 258 Å². The second-order valence-corrected chi connectivity index (χ2v) is 11.7. The molecular formula is C40H25N4O+. The van der Waals surface area contributed by atoms with Crippen LogP contribution in [0.15, 0.2) is 151 Å². The van der Waals surface area contributed by atoms with E-state index in [0.29, 0.717) is 0 Å². The van der Waals surface area contributed by atoms with Crippen LogP contribution in [0.4, 0.5) is 11.4 Å². The van der Waals surface area contributed by atoms with Gasteiger partial charge in [-0.1, -0.05) is 60.7 Å². The summed E-state index contributed by atoms with van der Waals surface area (Å²) in [6.45, 7) is 0. The van der Waals surface area contributed by atoms with Gasteiger partial charge in [0.25, 0.3) is 0 Å². The largest absolute Gasteiger partial charge is 0.455 e. The van der Waals surface area contributed by atoms with Gasteiger partial charge in [-0.05, 0) is 47.5 Å². The minimum Gasteiger partial charge on any atom is -0.455 e. The molecule has 5 heteroatoms. The number of furan rings is 1. The first-order valence-corrected chi connectivity index (χ1v) is 15.2. The van der Waals surface area contributed by atoms with Crippen LogP contribution >= 0.6 is 0 Å². The first-order chi connectivity index (χ1) is 22.3. The van der Waals surface area contributed by atoms with Gasteiger partial charge in [0.15, 0.2) is 0 Å². The fourth-order valence-electron chi connectivity index (χ4n) is 7.33. The third-order valence-corrected chi connectivity index (χ3v) is 9.23. The molecule has 0 radical (unpaired) electrons. The second kappa shape index (κ2) is 9.21. The molecule has 0 saturated heterocycles. The molecule has 1 aliphatic heterocycles. The van der Waals surface area contributed by atoms with Gasteiger partial charge in [0.05, 0.1) is 10.9 Å². The van der Waals surface area contributed by atoms with E-state index in [1.165, 1.54) is 22.1 Å². The van der Waals surface area contributed by atoms with Crippen molar-refractivity contribution in [1.29, 1.82) is 0 Å². The Hall–Kier alpha value is -6.07. The van der Waals surface area contributed by atoms with Gasteiger partial charge in [-0.2, -0.15) is 4.58 Å². The monoisotopic (exact) mass is 577 g/mol. The first kappa shape index (κ1) is 24.4. The van der Waals surface area contributed by atoms with Crippen molar-refractivity contribution >= 4 is 60.8 Å². The third-order valence-electron chi connectivity index (χ3n) is 9.23. The van der Waals surface area contributed by atoms with E-state index < -0.39 is 0 Å². The SMILES string of the molecule is C1=CC2=[N+](c3cc(-c4cccnc4)cc(-c4cccnc4)c3)c3cccc4c5c6oc7ccccc7c6ccc5n(c34)C2C=C1. The summed E-state index contributed by atoms with van der Waals surface area (Å²) in [5, 5.41) is 4.64. The minimum atomic E-state index is 0.00983. The van der Waals surface area contributed by atoms with Crippen LogP contribution in [0.5, 0.6) is 0 Å². The molecule has 4 aromatic heterocycles. The molecule has 1 unspecified atom stereocenters. The highest BCUT2D eigenvalue weighted by atomic mass is 16.3. The summed E-state index contributed by atoms with van der Waals surface area (Å²) >= 11 is 0. The molecule has 0 amide bonds. The van der Waals surface area contributed by atoms with Crippen LogP contribution in [0.3, 0.4) is 0 Å². The van der Waals surface area contributed by atoms with Crippen LogP contribution in [0, 0.1) is 0 Å². The Morgan fingerprint density at radius 1 is 0.667 bits per heavy atom. The molecule has 45 heavy (non-hydrogen) atoms. The molecule has 210 valence electrons. The molecular weight excluding hydrogens is 552 g/mol. The Kier molecular flexibility index (Phi) is 4.99. The van der Waals surface area contributed by atoms with Crippen molar-refractivity contribution in [3.05, 3.63) is 146 Å². The lowest BCUT2D eigenvalue weighted by Crippen LogP contribution is -2.30. The molecule has 0 bridgehead atoms. The topological polar surface area (TPSA) is 46.9 Å². The fraction of sp³-hybridized carbons (Fsp3) is 0.0250. The molecule has 1 atom stereocenters. The summed E-state index contributed by atoms with van der Waals surface area (Å²) in [6.07, 6.45) is 16.3. The van der Waals surface area contributed by atoms with Crippen LogP contribution < -0.4 is 4.58 Å². The van der Waals surface area contributed by atoms with Crippen molar-refractivity contribution in [3.8, 4) is 22.3 Å². The zero-order valence-electron chi connectivity index (χ0n) is 24.1. The molecule has 0 spiro atoms. The van der Waals surface area contributed by atoms with Gasteiger partial charge < -0.3 is 8.98 Å². The molecule has 8 aromatic rings. The van der Waals surface area contributed by atoms with Gasteiger partial charge in [0.1, 0.15) is 22.7 Å². The predicted octanol–water partition coefficient (Wildman–Crippen LogP) is 9.77. The number of pyridine rings is 2. The number of hydrogen-bond donors (Lipinski definition) is 0. The van der Waals surface area contributed by atoms with Crippen LogP contribution in [0.2, 0.25) is 0 Å². The maximum Gasteiger partial charge on any atom is 0.235 e. The van der Waals surface area contributed by atoms with Gasteiger partial charge >= 0.3 is 0 Å². The quantitative estimate of drug-likeness (QED) is 0.196. The van der Waals surface area contributed by atoms with Crippen molar-refractivity contribution in [2.45, 2.75) is 6.04 Å². The number of allylic oxidation sites excluding steroid dienone is 4. The molecule has 5 heterocycles. The zero-order valence-corrected chi connectivity index (χ0v) is 24.1. The fourth-order valence-corrected chi connectivity index (χ4v) is 7.33. The van der Waals surface area contributed by atoms with Crippen molar-refractivity contribution in [2.24, 2.45) is 0 Å². The lowest BCUT2D eigenvalue weighted by Gasteiger charge is -2.25. The maximum atomic E-state index is 6.59. The number of fused-ring (bicyclic) bond motifs is 9. The van der Waals surface area contributed by atoms with Gasteiger partial charge in [-0.25, -0.2) is 0 Å². The highest BCUT2D eigenvalue weighted by Gasteiger charge is 2.38. The summed E-state index contributed by atoms with van der Waals surface area (Å²) < 4.78 is 11.5. The number of nitrogens with zero attached hydrogens (tertiary/aromatic N) is 4. The minimum absolute atomic E-state index is 0.00983. The molecule has 2 aliphatic rings. The molecule has 0 fully saturated rings. The molecule has 10 rings (SSSR count). The van der Waals surface area contributed by atoms with Crippen LogP contribution in [0.25, 0.3) is 66.0 Å². The molecule has 0 saturated carbocycles. The van der Waals surface area contributed by atoms with Crippen LogP contribution in [-0.2, 0) is 0 Å². The Balaban J connectivity index is 1.31. The summed E-state index contributed by atoms with van der Waals surface area (Å²) in [7, 11) is 0. The predicted molar refractivity (Wildman–Crippen MR) is 183 cm³/mol. The van der Waals surface area contributed by atoms with E-state index in [9.17, 15) is 0 Å². The number of para-hydroxylation sites is 2. The summed E-state index contributed by atoms with van der Waals surface area (Å²) in [6, 6.07) is 34.5. The Morgan fingerprint density at radius 2 is 1.44 bits per heavy atom. The average Bonchev–Trinajstić information content (AvgIpc) is 3.66. The van der Waals surface area contributed by atoms with Crippen molar-refractivity contribution in [2.75, 3.05) is 0 Å². The number of benzene rings is 4. The molecule has 1 aliphatic carbocycles.